The quantitative estimate of drug-likeness (QED) is 0.569. The third kappa shape index (κ3) is 6.49. The predicted octanol–water partition coefficient (Wildman–Crippen LogP) is 5.33. The van der Waals surface area contributed by atoms with Crippen LogP contribution in [0.4, 0.5) is 17.6 Å². The second-order valence-corrected chi connectivity index (χ2v) is 6.89. The van der Waals surface area contributed by atoms with Crippen molar-refractivity contribution in [3.8, 4) is 5.75 Å². The lowest BCUT2D eigenvalue weighted by molar-refractivity contribution is -0.274. The van der Waals surface area contributed by atoms with Gasteiger partial charge >= 0.3 is 6.36 Å². The molecule has 1 atom stereocenters. The fraction of sp³-hybridized carbons (Fsp3) is 0.333. The van der Waals surface area contributed by atoms with E-state index in [2.05, 4.69) is 30.9 Å². The van der Waals surface area contributed by atoms with Gasteiger partial charge < -0.3 is 10.1 Å². The van der Waals surface area contributed by atoms with Crippen molar-refractivity contribution in [3.63, 3.8) is 0 Å². The van der Waals surface area contributed by atoms with E-state index in [1.807, 2.05) is 0 Å². The van der Waals surface area contributed by atoms with Crippen LogP contribution in [0.1, 0.15) is 17.2 Å². The van der Waals surface area contributed by atoms with Crippen molar-refractivity contribution in [2.75, 3.05) is 26.2 Å². The summed E-state index contributed by atoms with van der Waals surface area (Å²) in [4.78, 5) is 2.11. The maximum absolute atomic E-state index is 14.6. The van der Waals surface area contributed by atoms with Gasteiger partial charge in [0.2, 0.25) is 0 Å². The molecule has 3 rings (SSSR count). The highest BCUT2D eigenvalue weighted by Gasteiger charge is 2.31. The highest BCUT2D eigenvalue weighted by molar-refractivity contribution is 9.10. The largest absolute Gasteiger partial charge is 0.573 e. The molecule has 1 saturated heterocycles. The van der Waals surface area contributed by atoms with Crippen LogP contribution in [0.15, 0.2) is 46.9 Å². The van der Waals surface area contributed by atoms with E-state index < -0.39 is 6.36 Å². The topological polar surface area (TPSA) is 24.5 Å². The molecule has 0 unspecified atom stereocenters. The summed E-state index contributed by atoms with van der Waals surface area (Å²) in [5.41, 5.74) is 1.20. The maximum atomic E-state index is 14.6. The summed E-state index contributed by atoms with van der Waals surface area (Å²) in [5.74, 6) is -0.657. The van der Waals surface area contributed by atoms with E-state index in [-0.39, 0.29) is 42.4 Å². The fourth-order valence-electron chi connectivity index (χ4n) is 3.10. The summed E-state index contributed by atoms with van der Waals surface area (Å²) in [6.45, 7) is 2.95. The van der Waals surface area contributed by atoms with Gasteiger partial charge in [0.15, 0.2) is 0 Å². The molecule has 0 amide bonds. The molecule has 10 heteroatoms. The minimum absolute atomic E-state index is 0. The van der Waals surface area contributed by atoms with Crippen molar-refractivity contribution in [1.82, 2.24) is 10.2 Å². The number of hydrogen-bond acceptors (Lipinski definition) is 3. The number of rotatable bonds is 4. The molecule has 0 radical (unpaired) electrons. The average Bonchev–Trinajstić information content (AvgIpc) is 2.58. The monoisotopic (exact) mass is 504 g/mol. The van der Waals surface area contributed by atoms with E-state index in [4.69, 9.17) is 0 Å². The van der Waals surface area contributed by atoms with E-state index in [0.717, 1.165) is 13.1 Å². The van der Waals surface area contributed by atoms with Gasteiger partial charge in [0.05, 0.1) is 6.04 Å². The molecule has 1 aliphatic heterocycles. The van der Waals surface area contributed by atoms with Crippen LogP contribution in [0.3, 0.4) is 0 Å². The van der Waals surface area contributed by atoms with E-state index in [9.17, 15) is 17.6 Å². The Bertz CT molecular complexity index is 756. The first kappa shape index (κ1) is 25.0. The van der Waals surface area contributed by atoms with Crippen molar-refractivity contribution < 1.29 is 22.3 Å². The highest BCUT2D eigenvalue weighted by atomic mass is 79.9. The second-order valence-electron chi connectivity index (χ2n) is 5.97. The Morgan fingerprint density at radius 1 is 1.00 bits per heavy atom. The van der Waals surface area contributed by atoms with Crippen LogP contribution in [0.2, 0.25) is 0 Å². The highest BCUT2D eigenvalue weighted by Crippen LogP contribution is 2.33. The van der Waals surface area contributed by atoms with Crippen molar-refractivity contribution in [1.29, 1.82) is 0 Å². The van der Waals surface area contributed by atoms with Gasteiger partial charge in [-0.3, -0.25) is 4.90 Å². The van der Waals surface area contributed by atoms with Crippen LogP contribution in [0.25, 0.3) is 0 Å². The number of ether oxygens (including phenoxy) is 1. The Hall–Kier alpha value is -1.06. The zero-order valence-corrected chi connectivity index (χ0v) is 17.7. The van der Waals surface area contributed by atoms with Gasteiger partial charge in [-0.2, -0.15) is 0 Å². The van der Waals surface area contributed by atoms with E-state index in [1.54, 1.807) is 24.3 Å². The Kier molecular flexibility index (Phi) is 9.49. The Labute approximate surface area is 181 Å². The molecule has 0 aromatic heterocycles. The molecule has 2 aromatic carbocycles. The molecule has 0 aliphatic carbocycles. The van der Waals surface area contributed by atoms with Gasteiger partial charge in [-0.25, -0.2) is 4.39 Å². The van der Waals surface area contributed by atoms with Crippen molar-refractivity contribution in [2.24, 2.45) is 0 Å². The summed E-state index contributed by atoms with van der Waals surface area (Å²) in [5, 5.41) is 3.24. The van der Waals surface area contributed by atoms with Gasteiger partial charge in [0, 0.05) is 36.2 Å². The summed E-state index contributed by atoms with van der Waals surface area (Å²) in [6.07, 6.45) is -4.74. The van der Waals surface area contributed by atoms with E-state index in [0.29, 0.717) is 28.7 Å². The average molecular weight is 506 g/mol. The number of piperazine rings is 1. The summed E-state index contributed by atoms with van der Waals surface area (Å²) < 4.78 is 56.2. The van der Waals surface area contributed by atoms with Gasteiger partial charge in [0.25, 0.3) is 0 Å². The molecule has 0 saturated carbocycles. The molecular formula is C18H19BrCl2F4N2O. The molecule has 0 bridgehead atoms. The second kappa shape index (κ2) is 10.6. The molecule has 2 aromatic rings. The first-order valence-corrected chi connectivity index (χ1v) is 8.88. The van der Waals surface area contributed by atoms with Gasteiger partial charge in [0.1, 0.15) is 11.6 Å². The smallest absolute Gasteiger partial charge is 0.406 e. The molecule has 1 fully saturated rings. The maximum Gasteiger partial charge on any atom is 0.573 e. The molecule has 28 heavy (non-hydrogen) atoms. The normalized spacial score (nSPS) is 15.9. The van der Waals surface area contributed by atoms with Crippen molar-refractivity contribution in [2.45, 2.75) is 12.4 Å². The molecule has 3 nitrogen and oxygen atoms in total. The number of nitrogens with zero attached hydrogens (tertiary/aromatic N) is 1. The Morgan fingerprint density at radius 3 is 2.14 bits per heavy atom. The standard InChI is InChI=1S/C18H17BrF4N2O.2ClH/c19-13-3-6-15(16(20)11-13)17(25-9-7-24-8-10-25)12-1-4-14(5-2-12)26-18(21,22)23;;/h1-6,11,17,24H,7-10H2;2*1H/t17-;;/m0../s1. The third-order valence-corrected chi connectivity index (χ3v) is 4.70. The number of alkyl halides is 3. The van der Waals surface area contributed by atoms with Gasteiger partial charge in [-0.05, 0) is 29.8 Å². The SMILES string of the molecule is Cl.Cl.Fc1cc(Br)ccc1[C@H](c1ccc(OC(F)(F)F)cc1)N1CCNCC1. The van der Waals surface area contributed by atoms with Crippen molar-refractivity contribution in [3.05, 3.63) is 63.9 Å². The van der Waals surface area contributed by atoms with Gasteiger partial charge in [-0.15, -0.1) is 38.0 Å². The summed E-state index contributed by atoms with van der Waals surface area (Å²) in [6, 6.07) is 10.1. The molecule has 156 valence electrons. The molecule has 0 spiro atoms. The molecule has 1 aliphatic rings. The predicted molar refractivity (Wildman–Crippen MR) is 108 cm³/mol. The van der Waals surface area contributed by atoms with Crippen LogP contribution < -0.4 is 10.1 Å². The zero-order chi connectivity index (χ0) is 18.7. The van der Waals surface area contributed by atoms with Gasteiger partial charge in [-0.1, -0.05) is 34.1 Å². The Balaban J connectivity index is 0.00000196. The molecule has 1 N–H and O–H groups in total. The van der Waals surface area contributed by atoms with Crippen LogP contribution in [-0.4, -0.2) is 37.4 Å². The van der Waals surface area contributed by atoms with E-state index >= 15 is 0 Å². The minimum Gasteiger partial charge on any atom is -0.406 e. The summed E-state index contributed by atoms with van der Waals surface area (Å²) in [7, 11) is 0. The Morgan fingerprint density at radius 2 is 1.61 bits per heavy atom. The summed E-state index contributed by atoms with van der Waals surface area (Å²) >= 11 is 3.25. The molecular weight excluding hydrogens is 487 g/mol. The van der Waals surface area contributed by atoms with Crippen LogP contribution >= 0.6 is 40.7 Å². The lowest BCUT2D eigenvalue weighted by atomic mass is 9.96. The first-order valence-electron chi connectivity index (χ1n) is 8.09. The van der Waals surface area contributed by atoms with Crippen LogP contribution in [-0.2, 0) is 0 Å². The molecule has 1 heterocycles. The number of halogens is 7. The fourth-order valence-corrected chi connectivity index (χ4v) is 3.44. The van der Waals surface area contributed by atoms with E-state index in [1.165, 1.54) is 18.2 Å². The van der Waals surface area contributed by atoms with Crippen LogP contribution in [0, 0.1) is 5.82 Å². The number of nitrogens with one attached hydrogen (secondary N) is 1. The lowest BCUT2D eigenvalue weighted by Gasteiger charge is -2.35. The number of hydrogen-bond donors (Lipinski definition) is 1. The lowest BCUT2D eigenvalue weighted by Crippen LogP contribution is -2.45. The van der Waals surface area contributed by atoms with Crippen LogP contribution in [0.5, 0.6) is 5.75 Å². The number of benzene rings is 2. The first-order chi connectivity index (χ1) is 12.3. The third-order valence-electron chi connectivity index (χ3n) is 4.20. The zero-order valence-electron chi connectivity index (χ0n) is 14.5. The van der Waals surface area contributed by atoms with Crippen molar-refractivity contribution >= 4 is 40.7 Å². The minimum atomic E-state index is -4.74.